The number of nitro groups is 1. The van der Waals surface area contributed by atoms with Crippen molar-refractivity contribution in [1.29, 1.82) is 0 Å². The number of aliphatic hydroxyl groups is 1. The number of aliphatic hydroxyl groups excluding tert-OH is 1. The quantitative estimate of drug-likeness (QED) is 0.0630. The first-order valence-electron chi connectivity index (χ1n) is 14.3. The summed E-state index contributed by atoms with van der Waals surface area (Å²) in [5.41, 5.74) is 2.82. The van der Waals surface area contributed by atoms with Crippen LogP contribution in [0, 0.1) is 10.1 Å². The molecule has 0 aliphatic carbocycles. The fourth-order valence-electron chi connectivity index (χ4n) is 4.69. The SMILES string of the molecule is CCOC(=O)CCCN(CC)c1ccc(N=Nc2cc(CO)c(N=Nc3ccc([N+](=O)[O-])cc3Cl)cc2OC)c2ccccc12. The number of hydrogen-bond acceptors (Lipinski definition) is 11. The molecule has 0 bridgehead atoms. The number of esters is 1. The van der Waals surface area contributed by atoms with Crippen molar-refractivity contribution >= 4 is 62.5 Å². The number of ether oxygens (including phenoxy) is 2. The van der Waals surface area contributed by atoms with Crippen LogP contribution in [0.5, 0.6) is 5.75 Å². The smallest absolute Gasteiger partial charge is 0.305 e. The molecule has 0 aliphatic heterocycles. The molecule has 1 N–H and O–H groups in total. The van der Waals surface area contributed by atoms with Crippen LogP contribution in [-0.4, -0.2) is 42.8 Å². The van der Waals surface area contributed by atoms with Crippen LogP contribution in [0.15, 0.2) is 87.2 Å². The van der Waals surface area contributed by atoms with Gasteiger partial charge in [0.05, 0.1) is 41.6 Å². The van der Waals surface area contributed by atoms with Crippen LogP contribution in [0.3, 0.4) is 0 Å². The van der Waals surface area contributed by atoms with Crippen molar-refractivity contribution in [3.63, 3.8) is 0 Å². The maximum Gasteiger partial charge on any atom is 0.305 e. The molecule has 0 radical (unpaired) electrons. The molecule has 0 atom stereocenters. The van der Waals surface area contributed by atoms with E-state index in [2.05, 4.69) is 32.3 Å². The van der Waals surface area contributed by atoms with E-state index >= 15 is 0 Å². The number of halogens is 1. The minimum atomic E-state index is -0.553. The molecular weight excluding hydrogens is 600 g/mol. The molecule has 0 fully saturated rings. The predicted octanol–water partition coefficient (Wildman–Crippen LogP) is 8.90. The molecule has 4 aromatic rings. The third-order valence-corrected chi connectivity index (χ3v) is 7.24. The molecule has 0 heterocycles. The molecule has 234 valence electrons. The van der Waals surface area contributed by atoms with Crippen molar-refractivity contribution < 1.29 is 24.3 Å². The van der Waals surface area contributed by atoms with Crippen LogP contribution in [0.25, 0.3) is 10.8 Å². The van der Waals surface area contributed by atoms with E-state index in [0.717, 1.165) is 23.0 Å². The van der Waals surface area contributed by atoms with Crippen LogP contribution in [0.4, 0.5) is 34.1 Å². The second-order valence-corrected chi connectivity index (χ2v) is 10.1. The van der Waals surface area contributed by atoms with E-state index < -0.39 is 4.92 Å². The summed E-state index contributed by atoms with van der Waals surface area (Å²) < 4.78 is 10.6. The number of methoxy groups -OCH3 is 1. The predicted molar refractivity (Wildman–Crippen MR) is 173 cm³/mol. The Morgan fingerprint density at radius 1 is 0.933 bits per heavy atom. The van der Waals surface area contributed by atoms with Gasteiger partial charge in [-0.15, -0.1) is 20.5 Å². The van der Waals surface area contributed by atoms with Crippen molar-refractivity contribution in [2.24, 2.45) is 20.5 Å². The molecule has 4 rings (SSSR count). The summed E-state index contributed by atoms with van der Waals surface area (Å²) in [6.45, 7) is 5.33. The molecule has 13 heteroatoms. The number of nitro benzene ring substituents is 1. The second-order valence-electron chi connectivity index (χ2n) is 9.74. The van der Waals surface area contributed by atoms with Crippen LogP contribution in [0.1, 0.15) is 32.3 Å². The number of anilines is 1. The fraction of sp³-hybridized carbons (Fsp3) is 0.281. The first kappa shape index (κ1) is 33.0. The van der Waals surface area contributed by atoms with Gasteiger partial charge in [-0.05, 0) is 44.5 Å². The number of hydrogen-bond donors (Lipinski definition) is 1. The Kier molecular flexibility index (Phi) is 11.5. The molecular formula is C32H33ClN6O6. The topological polar surface area (TPSA) is 152 Å². The van der Waals surface area contributed by atoms with Crippen LogP contribution < -0.4 is 9.64 Å². The normalized spacial score (nSPS) is 11.4. The highest BCUT2D eigenvalue weighted by Gasteiger charge is 2.15. The van der Waals surface area contributed by atoms with Crippen LogP contribution in [0.2, 0.25) is 5.02 Å². The Morgan fingerprint density at radius 3 is 2.29 bits per heavy atom. The van der Waals surface area contributed by atoms with Gasteiger partial charge in [-0.2, -0.15) is 0 Å². The maximum absolute atomic E-state index is 11.8. The van der Waals surface area contributed by atoms with Gasteiger partial charge >= 0.3 is 5.97 Å². The van der Waals surface area contributed by atoms with Crippen molar-refractivity contribution in [3.05, 3.63) is 87.4 Å². The summed E-state index contributed by atoms with van der Waals surface area (Å²) in [6.07, 6.45) is 1.03. The second kappa shape index (κ2) is 15.7. The molecule has 45 heavy (non-hydrogen) atoms. The third kappa shape index (κ3) is 8.16. The van der Waals surface area contributed by atoms with E-state index in [0.29, 0.717) is 54.4 Å². The van der Waals surface area contributed by atoms with E-state index in [1.54, 1.807) is 19.1 Å². The lowest BCUT2D eigenvalue weighted by Gasteiger charge is -2.25. The molecule has 12 nitrogen and oxygen atoms in total. The number of carbonyl (C=O) groups excluding carboxylic acids is 1. The highest BCUT2D eigenvalue weighted by molar-refractivity contribution is 6.33. The van der Waals surface area contributed by atoms with Gasteiger partial charge < -0.3 is 19.5 Å². The molecule has 0 saturated heterocycles. The highest BCUT2D eigenvalue weighted by atomic mass is 35.5. The van der Waals surface area contributed by atoms with Crippen molar-refractivity contribution in [2.45, 2.75) is 33.3 Å². The van der Waals surface area contributed by atoms with Gasteiger partial charge in [-0.3, -0.25) is 14.9 Å². The molecule has 0 saturated carbocycles. The van der Waals surface area contributed by atoms with Gasteiger partial charge in [0.15, 0.2) is 0 Å². The average molecular weight is 633 g/mol. The minimum Gasteiger partial charge on any atom is -0.494 e. The van der Waals surface area contributed by atoms with Gasteiger partial charge in [0, 0.05) is 59.7 Å². The molecule has 0 aliphatic rings. The highest BCUT2D eigenvalue weighted by Crippen LogP contribution is 2.39. The Morgan fingerprint density at radius 2 is 1.62 bits per heavy atom. The largest absolute Gasteiger partial charge is 0.494 e. The van der Waals surface area contributed by atoms with E-state index in [9.17, 15) is 20.0 Å². The number of rotatable bonds is 14. The van der Waals surface area contributed by atoms with Crippen molar-refractivity contribution in [3.8, 4) is 5.75 Å². The van der Waals surface area contributed by atoms with Crippen LogP contribution >= 0.6 is 11.6 Å². The lowest BCUT2D eigenvalue weighted by atomic mass is 10.1. The number of azo groups is 2. The lowest BCUT2D eigenvalue weighted by molar-refractivity contribution is -0.384. The zero-order chi connectivity index (χ0) is 32.3. The number of non-ortho nitro benzene ring substituents is 1. The molecule has 0 amide bonds. The Labute approximate surface area is 265 Å². The summed E-state index contributed by atoms with van der Waals surface area (Å²) in [6, 6.07) is 18.8. The van der Waals surface area contributed by atoms with Gasteiger partial charge in [-0.1, -0.05) is 35.9 Å². The summed E-state index contributed by atoms with van der Waals surface area (Å²) in [5.74, 6) is 0.151. The summed E-state index contributed by atoms with van der Waals surface area (Å²) in [4.78, 5) is 24.5. The molecule has 0 aromatic heterocycles. The Balaban J connectivity index is 1.61. The van der Waals surface area contributed by atoms with Gasteiger partial charge in [0.25, 0.3) is 5.69 Å². The van der Waals surface area contributed by atoms with Crippen LogP contribution in [-0.2, 0) is 16.1 Å². The van der Waals surface area contributed by atoms with Gasteiger partial charge in [-0.25, -0.2) is 0 Å². The Hall–Kier alpha value is -4.94. The van der Waals surface area contributed by atoms with Crippen molar-refractivity contribution in [2.75, 3.05) is 31.7 Å². The number of fused-ring (bicyclic) bond motifs is 1. The Bertz CT molecular complexity index is 1750. The maximum atomic E-state index is 11.8. The third-order valence-electron chi connectivity index (χ3n) is 6.94. The first-order chi connectivity index (χ1) is 21.8. The fourth-order valence-corrected chi connectivity index (χ4v) is 4.91. The monoisotopic (exact) mass is 632 g/mol. The summed E-state index contributed by atoms with van der Waals surface area (Å²) >= 11 is 6.14. The van der Waals surface area contributed by atoms with Gasteiger partial charge in [0.1, 0.15) is 17.1 Å². The number of nitrogens with zero attached hydrogens (tertiary/aromatic N) is 6. The molecule has 4 aromatic carbocycles. The lowest BCUT2D eigenvalue weighted by Crippen LogP contribution is -2.24. The summed E-state index contributed by atoms with van der Waals surface area (Å²) in [5, 5.41) is 40.3. The average Bonchev–Trinajstić information content (AvgIpc) is 3.05. The van der Waals surface area contributed by atoms with E-state index in [1.165, 1.54) is 25.3 Å². The number of carbonyl (C=O) groups is 1. The van der Waals surface area contributed by atoms with Gasteiger partial charge in [0.2, 0.25) is 0 Å². The summed E-state index contributed by atoms with van der Waals surface area (Å²) in [7, 11) is 1.48. The molecule has 0 spiro atoms. The minimum absolute atomic E-state index is 0.0628. The van der Waals surface area contributed by atoms with E-state index in [4.69, 9.17) is 21.1 Å². The van der Waals surface area contributed by atoms with Crippen molar-refractivity contribution in [1.82, 2.24) is 0 Å². The number of benzene rings is 4. The standard InChI is InChI=1S/C32H33ClN6O6/c1-4-38(16-8-11-32(41)45-5-2)30-15-14-26(23-9-6-7-10-24(23)30)34-37-29-17-21(20-40)28(19-31(29)44-3)36-35-27-13-12-22(39(42)43)18-25(27)33/h6-7,9-10,12-15,17-19,40H,4-5,8,11,16,20H2,1-3H3. The zero-order valence-corrected chi connectivity index (χ0v) is 25.9. The first-order valence-corrected chi connectivity index (χ1v) is 14.7. The van der Waals surface area contributed by atoms with E-state index in [1.807, 2.05) is 36.4 Å². The molecule has 0 unspecified atom stereocenters. The zero-order valence-electron chi connectivity index (χ0n) is 25.1. The van der Waals surface area contributed by atoms with E-state index in [-0.39, 0.29) is 29.0 Å².